The van der Waals surface area contributed by atoms with Gasteiger partial charge in [-0.1, -0.05) is 0 Å². The Balaban J connectivity index is 1.75. The van der Waals surface area contributed by atoms with Crippen molar-refractivity contribution in [2.45, 2.75) is 0 Å². The van der Waals surface area contributed by atoms with E-state index in [4.69, 9.17) is 15.2 Å². The zero-order valence-electron chi connectivity index (χ0n) is 12.9. The van der Waals surface area contributed by atoms with Gasteiger partial charge in [-0.05, 0) is 18.2 Å². The number of benzene rings is 1. The number of hydrogen-bond acceptors (Lipinski definition) is 5. The van der Waals surface area contributed by atoms with E-state index in [1.807, 2.05) is 24.4 Å². The van der Waals surface area contributed by atoms with Crippen molar-refractivity contribution in [2.75, 3.05) is 44.4 Å². The molecule has 0 spiro atoms. The largest absolute Gasteiger partial charge is 0.489 e. The number of aromatic nitrogens is 1. The van der Waals surface area contributed by atoms with Crippen molar-refractivity contribution in [2.24, 2.45) is 5.73 Å². The monoisotopic (exact) mass is 317 g/mol. The number of nitrogens with two attached hydrogens (primary N) is 1. The van der Waals surface area contributed by atoms with E-state index in [1.165, 1.54) is 0 Å². The average Bonchev–Trinajstić information content (AvgIpc) is 2.63. The number of anilines is 1. The first-order valence-corrected chi connectivity index (χ1v) is 7.63. The maximum atomic E-state index is 12.5. The van der Waals surface area contributed by atoms with Crippen molar-refractivity contribution < 1.29 is 13.9 Å². The molecule has 0 aliphatic carbocycles. The van der Waals surface area contributed by atoms with Gasteiger partial charge in [-0.2, -0.15) is 0 Å². The smallest absolute Gasteiger partial charge is 0.121 e. The van der Waals surface area contributed by atoms with E-state index in [9.17, 15) is 4.39 Å². The molecule has 3 rings (SSSR count). The summed E-state index contributed by atoms with van der Waals surface area (Å²) in [5.41, 5.74) is 7.77. The SMILES string of the molecule is NC/C(=C\F)COc1ccc2cc(N3CCOCC3)cnc2c1. The van der Waals surface area contributed by atoms with Crippen LogP contribution >= 0.6 is 0 Å². The predicted molar refractivity (Wildman–Crippen MR) is 88.5 cm³/mol. The second kappa shape index (κ2) is 7.39. The zero-order valence-corrected chi connectivity index (χ0v) is 12.9. The van der Waals surface area contributed by atoms with E-state index in [1.54, 1.807) is 0 Å². The quantitative estimate of drug-likeness (QED) is 0.916. The number of ether oxygens (including phenoxy) is 2. The van der Waals surface area contributed by atoms with Crippen molar-refractivity contribution in [3.8, 4) is 5.75 Å². The molecule has 0 atom stereocenters. The van der Waals surface area contributed by atoms with Gasteiger partial charge in [0.25, 0.3) is 0 Å². The van der Waals surface area contributed by atoms with Crippen LogP contribution in [0, 0.1) is 0 Å². The van der Waals surface area contributed by atoms with Gasteiger partial charge in [-0.15, -0.1) is 0 Å². The van der Waals surface area contributed by atoms with Gasteiger partial charge in [0.1, 0.15) is 12.4 Å². The van der Waals surface area contributed by atoms with Crippen LogP contribution in [0.2, 0.25) is 0 Å². The molecule has 122 valence electrons. The number of pyridine rings is 1. The highest BCUT2D eigenvalue weighted by Crippen LogP contribution is 2.24. The highest BCUT2D eigenvalue weighted by molar-refractivity contribution is 5.83. The lowest BCUT2D eigenvalue weighted by molar-refractivity contribution is 0.122. The summed E-state index contributed by atoms with van der Waals surface area (Å²) in [6.45, 7) is 3.54. The van der Waals surface area contributed by atoms with Crippen LogP contribution in [0.25, 0.3) is 10.9 Å². The zero-order chi connectivity index (χ0) is 16.1. The second-order valence-corrected chi connectivity index (χ2v) is 5.41. The molecule has 1 aromatic heterocycles. The van der Waals surface area contributed by atoms with Crippen LogP contribution in [-0.2, 0) is 4.74 Å². The number of fused-ring (bicyclic) bond motifs is 1. The molecule has 0 amide bonds. The molecule has 23 heavy (non-hydrogen) atoms. The Kier molecular flexibility index (Phi) is 5.05. The Bertz CT molecular complexity index is 699. The first-order chi connectivity index (χ1) is 11.3. The molecule has 5 nitrogen and oxygen atoms in total. The fraction of sp³-hybridized carbons (Fsp3) is 0.353. The molecule has 6 heteroatoms. The third-order valence-corrected chi connectivity index (χ3v) is 3.86. The summed E-state index contributed by atoms with van der Waals surface area (Å²) in [4.78, 5) is 6.77. The van der Waals surface area contributed by atoms with Crippen molar-refractivity contribution in [3.63, 3.8) is 0 Å². The van der Waals surface area contributed by atoms with Crippen LogP contribution in [0.15, 0.2) is 42.4 Å². The molecule has 0 bridgehead atoms. The molecule has 0 radical (unpaired) electrons. The number of nitrogens with zero attached hydrogens (tertiary/aromatic N) is 2. The third kappa shape index (κ3) is 3.78. The van der Waals surface area contributed by atoms with Gasteiger partial charge in [0.15, 0.2) is 0 Å². The minimum atomic E-state index is 0.143. The van der Waals surface area contributed by atoms with E-state index in [0.717, 1.165) is 42.9 Å². The molecular weight excluding hydrogens is 297 g/mol. The van der Waals surface area contributed by atoms with Gasteiger partial charge in [-0.25, -0.2) is 4.39 Å². The molecule has 0 saturated carbocycles. The van der Waals surface area contributed by atoms with Crippen LogP contribution in [0.5, 0.6) is 5.75 Å². The van der Waals surface area contributed by atoms with Crippen LogP contribution < -0.4 is 15.4 Å². The van der Waals surface area contributed by atoms with Crippen LogP contribution in [-0.4, -0.2) is 44.4 Å². The highest BCUT2D eigenvalue weighted by atomic mass is 19.1. The van der Waals surface area contributed by atoms with Crippen molar-refractivity contribution >= 4 is 16.6 Å². The normalized spacial score (nSPS) is 15.9. The van der Waals surface area contributed by atoms with E-state index in [2.05, 4.69) is 16.0 Å². The lowest BCUT2D eigenvalue weighted by Gasteiger charge is -2.28. The molecule has 1 fully saturated rings. The molecule has 1 aliphatic rings. The summed E-state index contributed by atoms with van der Waals surface area (Å²) in [5, 5.41) is 1.04. The van der Waals surface area contributed by atoms with Gasteiger partial charge < -0.3 is 20.1 Å². The molecule has 1 saturated heterocycles. The molecular formula is C17H20FN3O2. The second-order valence-electron chi connectivity index (χ2n) is 5.41. The van der Waals surface area contributed by atoms with E-state index >= 15 is 0 Å². The summed E-state index contributed by atoms with van der Waals surface area (Å²) >= 11 is 0. The molecule has 1 aromatic carbocycles. The van der Waals surface area contributed by atoms with E-state index in [0.29, 0.717) is 17.7 Å². The Morgan fingerprint density at radius 3 is 2.91 bits per heavy atom. The number of rotatable bonds is 5. The summed E-state index contributed by atoms with van der Waals surface area (Å²) in [6, 6.07) is 7.79. The van der Waals surface area contributed by atoms with Gasteiger partial charge in [0, 0.05) is 36.7 Å². The molecule has 0 unspecified atom stereocenters. The summed E-state index contributed by atoms with van der Waals surface area (Å²) in [7, 11) is 0. The third-order valence-electron chi connectivity index (χ3n) is 3.86. The number of halogens is 1. The van der Waals surface area contributed by atoms with Gasteiger partial charge >= 0.3 is 0 Å². The van der Waals surface area contributed by atoms with Crippen molar-refractivity contribution in [1.82, 2.24) is 4.98 Å². The first kappa shape index (κ1) is 15.7. The van der Waals surface area contributed by atoms with E-state index < -0.39 is 0 Å². The highest BCUT2D eigenvalue weighted by Gasteiger charge is 2.12. The van der Waals surface area contributed by atoms with E-state index in [-0.39, 0.29) is 13.2 Å². The fourth-order valence-corrected chi connectivity index (χ4v) is 2.48. The molecule has 2 N–H and O–H groups in total. The summed E-state index contributed by atoms with van der Waals surface area (Å²) < 4.78 is 23.4. The Labute approximate surface area is 134 Å². The van der Waals surface area contributed by atoms with Gasteiger partial charge in [0.05, 0.1) is 36.9 Å². The molecule has 2 aromatic rings. The summed E-state index contributed by atoms with van der Waals surface area (Å²) in [5.74, 6) is 0.650. The van der Waals surface area contributed by atoms with Crippen molar-refractivity contribution in [3.05, 3.63) is 42.4 Å². The van der Waals surface area contributed by atoms with Crippen LogP contribution in [0.1, 0.15) is 0 Å². The topological polar surface area (TPSA) is 60.6 Å². The fourth-order valence-electron chi connectivity index (χ4n) is 2.48. The minimum Gasteiger partial charge on any atom is -0.489 e. The van der Waals surface area contributed by atoms with Crippen LogP contribution in [0.4, 0.5) is 10.1 Å². The summed E-state index contributed by atoms with van der Waals surface area (Å²) in [6.07, 6.45) is 2.36. The molecule has 1 aliphatic heterocycles. The lowest BCUT2D eigenvalue weighted by atomic mass is 10.2. The Hall–Kier alpha value is -2.18. The maximum absolute atomic E-state index is 12.5. The predicted octanol–water partition coefficient (Wildman–Crippen LogP) is 2.26. The standard InChI is InChI=1S/C17H20FN3O2/c18-9-13(10-19)12-23-16-2-1-14-7-15(11-20-17(14)8-16)21-3-5-22-6-4-21/h1-2,7-9,11H,3-6,10,12,19H2/b13-9+. The lowest BCUT2D eigenvalue weighted by Crippen LogP contribution is -2.36. The number of morpholine rings is 1. The number of hydrogen-bond donors (Lipinski definition) is 1. The van der Waals surface area contributed by atoms with Gasteiger partial charge in [-0.3, -0.25) is 4.98 Å². The molecule has 2 heterocycles. The Morgan fingerprint density at radius 1 is 1.35 bits per heavy atom. The first-order valence-electron chi connectivity index (χ1n) is 7.63. The van der Waals surface area contributed by atoms with Gasteiger partial charge in [0.2, 0.25) is 0 Å². The minimum absolute atomic E-state index is 0.143. The average molecular weight is 317 g/mol. The maximum Gasteiger partial charge on any atom is 0.121 e. The van der Waals surface area contributed by atoms with Crippen LogP contribution in [0.3, 0.4) is 0 Å². The Morgan fingerprint density at radius 2 is 2.17 bits per heavy atom. The van der Waals surface area contributed by atoms with Crippen molar-refractivity contribution in [1.29, 1.82) is 0 Å².